The Morgan fingerprint density at radius 3 is 2.47 bits per heavy atom. The molecule has 2 aromatic rings. The van der Waals surface area contributed by atoms with Gasteiger partial charge in [-0.2, -0.15) is 0 Å². The quantitative estimate of drug-likeness (QED) is 0.185. The molecular formula is C52H66N2O10. The Hall–Kier alpha value is -4.36. The molecule has 3 heterocycles. The van der Waals surface area contributed by atoms with Crippen molar-refractivity contribution >= 4 is 29.8 Å². The second-order valence-electron chi connectivity index (χ2n) is 21.5. The lowest BCUT2D eigenvalue weighted by Crippen LogP contribution is -2.51. The van der Waals surface area contributed by atoms with Gasteiger partial charge in [-0.1, -0.05) is 61.9 Å². The van der Waals surface area contributed by atoms with Crippen molar-refractivity contribution in [2.45, 2.75) is 172 Å². The van der Waals surface area contributed by atoms with Crippen LogP contribution >= 0.6 is 0 Å². The van der Waals surface area contributed by atoms with Crippen LogP contribution in [0.1, 0.15) is 133 Å². The molecule has 2 aromatic carbocycles. The highest BCUT2D eigenvalue weighted by atomic mass is 16.8. The number of rotatable bonds is 10. The monoisotopic (exact) mass is 878 g/mol. The van der Waals surface area contributed by atoms with Crippen molar-refractivity contribution in [3.63, 3.8) is 0 Å². The molecule has 9 rings (SSSR count). The number of benzene rings is 2. The van der Waals surface area contributed by atoms with Gasteiger partial charge < -0.3 is 39.0 Å². The smallest absolute Gasteiger partial charge is 0.338 e. The first-order valence-corrected chi connectivity index (χ1v) is 23.7. The van der Waals surface area contributed by atoms with Gasteiger partial charge in [0.05, 0.1) is 29.9 Å². The Kier molecular flexibility index (Phi) is 12.0. The Labute approximate surface area is 377 Å². The van der Waals surface area contributed by atoms with Crippen LogP contribution < -0.4 is 5.32 Å². The number of aliphatic hydroxyl groups excluding tert-OH is 1. The van der Waals surface area contributed by atoms with Gasteiger partial charge in [-0.15, -0.1) is 0 Å². The standard InChI is InChI=1S/C52H66N2O10/c1-49(2,3)63-44(56)19-17-37(30-55)53-46(57)40-15-10-22-54(40)47(58)36-25-41(45-42(26-36)61-52(64-45)27-34-12-7-8-13-35(34)28-52)60-48(59)33-14-9-11-31(24-33)23-32-16-18-43-51(6,62-43)21-20-39-38(32)29-50(39,4)5/h7-9,11-14,23-24,26,37-43,45,55H,10,15-22,25,27-30H2,1-6H3,(H,53,57). The predicted molar refractivity (Wildman–Crippen MR) is 239 cm³/mol. The summed E-state index contributed by atoms with van der Waals surface area (Å²) in [6.07, 6.45) is 10.0. The summed E-state index contributed by atoms with van der Waals surface area (Å²) in [5.74, 6) is -1.50. The minimum Gasteiger partial charge on any atom is -0.460 e. The molecule has 5 fully saturated rings. The number of carbonyl (C=O) groups is 4. The summed E-state index contributed by atoms with van der Waals surface area (Å²) in [6.45, 7) is 12.4. The fourth-order valence-corrected chi connectivity index (χ4v) is 11.7. The molecule has 2 saturated carbocycles. The van der Waals surface area contributed by atoms with Gasteiger partial charge in [0.2, 0.25) is 11.8 Å². The van der Waals surface area contributed by atoms with Gasteiger partial charge >= 0.3 is 11.9 Å². The van der Waals surface area contributed by atoms with Crippen LogP contribution in [-0.2, 0) is 50.9 Å². The number of allylic oxidation sites excluding steroid dienone is 1. The van der Waals surface area contributed by atoms with Crippen LogP contribution in [0, 0.1) is 17.3 Å². The minimum atomic E-state index is -0.965. The van der Waals surface area contributed by atoms with Crippen LogP contribution in [0.2, 0.25) is 0 Å². The van der Waals surface area contributed by atoms with Gasteiger partial charge in [-0.25, -0.2) is 4.79 Å². The first kappa shape index (κ1) is 44.8. The fourth-order valence-electron chi connectivity index (χ4n) is 11.7. The molecule has 7 aliphatic rings. The highest BCUT2D eigenvalue weighted by molar-refractivity contribution is 5.98. The summed E-state index contributed by atoms with van der Waals surface area (Å²) < 4.78 is 31.5. The number of esters is 2. The first-order valence-electron chi connectivity index (χ1n) is 23.7. The molecular weight excluding hydrogens is 813 g/mol. The molecule has 4 aliphatic carbocycles. The van der Waals surface area contributed by atoms with Gasteiger partial charge in [-0.05, 0) is 131 Å². The van der Waals surface area contributed by atoms with Crippen LogP contribution in [-0.4, -0.2) is 100 Å². The molecule has 0 radical (unpaired) electrons. The second kappa shape index (κ2) is 17.1. The van der Waals surface area contributed by atoms with Crippen molar-refractivity contribution in [2.24, 2.45) is 17.3 Å². The van der Waals surface area contributed by atoms with E-state index in [2.05, 4.69) is 44.3 Å². The number of nitrogens with zero attached hydrogens (tertiary/aromatic N) is 1. The first-order chi connectivity index (χ1) is 30.4. The van der Waals surface area contributed by atoms with Crippen molar-refractivity contribution in [3.05, 3.63) is 88.0 Å². The largest absolute Gasteiger partial charge is 0.460 e. The molecule has 1 spiro atoms. The molecule has 12 nitrogen and oxygen atoms in total. The van der Waals surface area contributed by atoms with E-state index in [0.29, 0.717) is 61.3 Å². The van der Waals surface area contributed by atoms with Crippen molar-refractivity contribution in [1.82, 2.24) is 10.2 Å². The van der Waals surface area contributed by atoms with Gasteiger partial charge in [0, 0.05) is 37.8 Å². The summed E-state index contributed by atoms with van der Waals surface area (Å²) in [6, 6.07) is 14.3. The van der Waals surface area contributed by atoms with E-state index in [1.165, 1.54) is 5.57 Å². The van der Waals surface area contributed by atoms with E-state index in [0.717, 1.165) is 48.8 Å². The maximum atomic E-state index is 14.6. The van der Waals surface area contributed by atoms with Crippen molar-refractivity contribution in [3.8, 4) is 0 Å². The zero-order valence-electron chi connectivity index (χ0n) is 38.4. The van der Waals surface area contributed by atoms with Crippen LogP contribution in [0.15, 0.2) is 65.8 Å². The number of amides is 2. The number of ether oxygens (including phenoxy) is 5. The summed E-state index contributed by atoms with van der Waals surface area (Å²) in [7, 11) is 0. The average Bonchev–Trinajstić information content (AvgIpc) is 3.62. The van der Waals surface area contributed by atoms with Crippen LogP contribution in [0.4, 0.5) is 0 Å². The maximum absolute atomic E-state index is 14.6. The maximum Gasteiger partial charge on any atom is 0.338 e. The fraction of sp³-hybridized carbons (Fsp3) is 0.615. The third-order valence-electron chi connectivity index (χ3n) is 15.1. The number of carbonyl (C=O) groups excluding carboxylic acids is 4. The van der Waals surface area contributed by atoms with Gasteiger partial charge in [-0.3, -0.25) is 14.4 Å². The number of hydrogen-bond donors (Lipinski definition) is 2. The average molecular weight is 879 g/mol. The molecule has 3 aliphatic heterocycles. The molecule has 2 amide bonds. The summed E-state index contributed by atoms with van der Waals surface area (Å²) in [5, 5.41) is 13.0. The summed E-state index contributed by atoms with van der Waals surface area (Å²) in [4.78, 5) is 56.5. The summed E-state index contributed by atoms with van der Waals surface area (Å²) >= 11 is 0. The molecule has 9 unspecified atom stereocenters. The lowest BCUT2D eigenvalue weighted by Gasteiger charge is -2.53. The van der Waals surface area contributed by atoms with Gasteiger partial charge in [0.1, 0.15) is 30.0 Å². The Morgan fingerprint density at radius 2 is 1.75 bits per heavy atom. The molecule has 0 bridgehead atoms. The second-order valence-corrected chi connectivity index (χ2v) is 21.5. The van der Waals surface area contributed by atoms with E-state index >= 15 is 0 Å². The van der Waals surface area contributed by atoms with E-state index in [4.69, 9.17) is 23.7 Å². The highest BCUT2D eigenvalue weighted by Gasteiger charge is 2.57. The predicted octanol–water partition coefficient (Wildman–Crippen LogP) is 7.19. The summed E-state index contributed by atoms with van der Waals surface area (Å²) in [5.41, 5.74) is 5.11. The van der Waals surface area contributed by atoms with Gasteiger partial charge in [0.25, 0.3) is 0 Å². The normalized spacial score (nSPS) is 32.0. The number of epoxide rings is 1. The minimum absolute atomic E-state index is 0.00288. The Balaban J connectivity index is 0.921. The van der Waals surface area contributed by atoms with Crippen molar-refractivity contribution in [1.29, 1.82) is 0 Å². The van der Waals surface area contributed by atoms with Gasteiger partial charge in [0.15, 0.2) is 5.79 Å². The van der Waals surface area contributed by atoms with Crippen LogP contribution in [0.25, 0.3) is 6.08 Å². The van der Waals surface area contributed by atoms with Crippen molar-refractivity contribution in [2.75, 3.05) is 13.2 Å². The van der Waals surface area contributed by atoms with E-state index in [1.807, 2.05) is 30.3 Å². The van der Waals surface area contributed by atoms with Crippen LogP contribution in [0.3, 0.4) is 0 Å². The van der Waals surface area contributed by atoms with E-state index in [1.54, 1.807) is 37.8 Å². The Bertz CT molecular complexity index is 2200. The lowest BCUT2D eigenvalue weighted by molar-refractivity contribution is -0.172. The van der Waals surface area contributed by atoms with Crippen molar-refractivity contribution < 1.29 is 48.0 Å². The van der Waals surface area contributed by atoms with Crippen LogP contribution in [0.5, 0.6) is 0 Å². The zero-order valence-corrected chi connectivity index (χ0v) is 38.4. The molecule has 12 heteroatoms. The molecule has 2 N–H and O–H groups in total. The molecule has 9 atom stereocenters. The Morgan fingerprint density at radius 1 is 0.984 bits per heavy atom. The van der Waals surface area contributed by atoms with E-state index in [-0.39, 0.29) is 42.8 Å². The third-order valence-corrected chi connectivity index (χ3v) is 15.1. The lowest BCUT2D eigenvalue weighted by atomic mass is 9.52. The molecule has 0 aromatic heterocycles. The molecule has 3 saturated heterocycles. The topological polar surface area (TPSA) is 153 Å². The highest BCUT2D eigenvalue weighted by Crippen LogP contribution is 2.60. The van der Waals surface area contributed by atoms with E-state index in [9.17, 15) is 24.3 Å². The zero-order chi connectivity index (χ0) is 45.2. The third kappa shape index (κ3) is 9.22. The number of nitrogens with one attached hydrogen (secondary N) is 1. The number of fused-ring (bicyclic) bond motifs is 4. The molecule has 64 heavy (non-hydrogen) atoms. The number of aliphatic hydroxyl groups is 1. The van der Waals surface area contributed by atoms with E-state index < -0.39 is 59.6 Å². The number of hydrogen-bond acceptors (Lipinski definition) is 10. The number of likely N-dealkylation sites (tertiary alicyclic amines) is 1. The molecule has 344 valence electrons. The SMILES string of the molecule is CC(C)(C)OC(=O)CCC(CO)NC(=O)C1CCCN1C(=O)C1=CC2OC3(Cc4ccccc4C3)OC2C(OC(=O)c2cccc(C=C3CCC4OC4(C)CCC4C3CC4(C)C)c2)C1.